The molecule has 0 atom stereocenters. The topological polar surface area (TPSA) is 93.1 Å². The van der Waals surface area contributed by atoms with E-state index in [9.17, 15) is 14.4 Å². The first-order chi connectivity index (χ1) is 14.5. The summed E-state index contributed by atoms with van der Waals surface area (Å²) < 4.78 is 1.61. The zero-order valence-corrected chi connectivity index (χ0v) is 17.0. The lowest BCUT2D eigenvalue weighted by atomic mass is 10.2. The van der Waals surface area contributed by atoms with Crippen molar-refractivity contribution in [3.05, 3.63) is 82.4 Å². The first-order valence-electron chi connectivity index (χ1n) is 8.90. The Morgan fingerprint density at radius 1 is 1.07 bits per heavy atom. The molecule has 0 fully saturated rings. The van der Waals surface area contributed by atoms with E-state index in [2.05, 4.69) is 15.6 Å². The van der Waals surface area contributed by atoms with Crippen LogP contribution in [0.25, 0.3) is 20.7 Å². The highest BCUT2D eigenvalue weighted by Gasteiger charge is 2.14. The van der Waals surface area contributed by atoms with Gasteiger partial charge in [-0.05, 0) is 35.9 Å². The van der Waals surface area contributed by atoms with Crippen LogP contribution in [-0.2, 0) is 11.3 Å². The van der Waals surface area contributed by atoms with Crippen molar-refractivity contribution in [3.8, 4) is 10.4 Å². The Morgan fingerprint density at radius 3 is 2.53 bits per heavy atom. The number of carbonyl (C=O) groups excluding carboxylic acids is 2. The summed E-state index contributed by atoms with van der Waals surface area (Å²) in [6.07, 6.45) is 1.30. The smallest absolute Gasteiger partial charge is 0.308 e. The predicted octanol–water partition coefficient (Wildman–Crippen LogP) is 4.13. The largest absolute Gasteiger partial charge is 0.325 e. The number of urea groups is 1. The van der Waals surface area contributed by atoms with E-state index in [1.165, 1.54) is 22.2 Å². The van der Waals surface area contributed by atoms with Gasteiger partial charge in [0.2, 0.25) is 5.91 Å². The maximum atomic E-state index is 12.8. The predicted molar refractivity (Wildman–Crippen MR) is 118 cm³/mol. The number of imide groups is 1. The number of halogens is 1. The molecular weight excluding hydrogens is 424 g/mol. The van der Waals surface area contributed by atoms with Crippen molar-refractivity contribution in [2.24, 2.45) is 0 Å². The van der Waals surface area contributed by atoms with Crippen molar-refractivity contribution in [2.75, 3.05) is 5.32 Å². The molecule has 0 aliphatic heterocycles. The lowest BCUT2D eigenvalue weighted by Gasteiger charge is -2.07. The molecule has 30 heavy (non-hydrogen) atoms. The number of amides is 3. The minimum Gasteiger partial charge on any atom is -0.308 e. The van der Waals surface area contributed by atoms with Crippen LogP contribution in [0, 0.1) is 0 Å². The highest BCUT2D eigenvalue weighted by molar-refractivity contribution is 7.22. The Bertz CT molecular complexity index is 1280. The van der Waals surface area contributed by atoms with E-state index in [0.717, 1.165) is 10.4 Å². The third-order valence-corrected chi connectivity index (χ3v) is 5.64. The first kappa shape index (κ1) is 19.8. The number of anilines is 1. The van der Waals surface area contributed by atoms with Gasteiger partial charge in [0, 0.05) is 15.6 Å². The Hall–Kier alpha value is -3.49. The first-order valence-corrected chi connectivity index (χ1v) is 10.1. The van der Waals surface area contributed by atoms with Crippen molar-refractivity contribution >= 4 is 50.8 Å². The Kier molecular flexibility index (Phi) is 5.60. The van der Waals surface area contributed by atoms with Crippen LogP contribution in [0.5, 0.6) is 0 Å². The van der Waals surface area contributed by atoms with Gasteiger partial charge in [0.15, 0.2) is 0 Å². The number of carbonyl (C=O) groups is 2. The fourth-order valence-electron chi connectivity index (χ4n) is 2.82. The van der Waals surface area contributed by atoms with Gasteiger partial charge >= 0.3 is 6.03 Å². The number of hydrogen-bond donors (Lipinski definition) is 2. The van der Waals surface area contributed by atoms with Gasteiger partial charge in [-0.3, -0.25) is 19.5 Å². The molecular formula is C21H15ClN4O3S. The molecule has 0 saturated carbocycles. The van der Waals surface area contributed by atoms with Gasteiger partial charge in [0.1, 0.15) is 11.2 Å². The summed E-state index contributed by atoms with van der Waals surface area (Å²) in [5, 5.41) is 5.38. The van der Waals surface area contributed by atoms with Crippen LogP contribution in [0.1, 0.15) is 0 Å². The van der Waals surface area contributed by atoms with E-state index in [4.69, 9.17) is 11.6 Å². The Balaban J connectivity index is 1.49. The summed E-state index contributed by atoms with van der Waals surface area (Å²) >= 11 is 7.21. The van der Waals surface area contributed by atoms with Crippen molar-refractivity contribution in [3.63, 3.8) is 0 Å². The van der Waals surface area contributed by atoms with E-state index in [1.807, 2.05) is 24.3 Å². The summed E-state index contributed by atoms with van der Waals surface area (Å²) in [5.74, 6) is -0.624. The molecule has 2 aromatic carbocycles. The summed E-state index contributed by atoms with van der Waals surface area (Å²) in [6.45, 7) is -0.321. The number of nitrogens with one attached hydrogen (secondary N) is 2. The van der Waals surface area contributed by atoms with Gasteiger partial charge in [-0.15, -0.1) is 11.3 Å². The van der Waals surface area contributed by atoms with E-state index in [1.54, 1.807) is 36.4 Å². The van der Waals surface area contributed by atoms with E-state index in [-0.39, 0.29) is 12.1 Å². The fraction of sp³-hybridized carbons (Fsp3) is 0.0476. The minimum atomic E-state index is -0.672. The van der Waals surface area contributed by atoms with Gasteiger partial charge < -0.3 is 5.32 Å². The number of fused-ring (bicyclic) bond motifs is 1. The second kappa shape index (κ2) is 8.48. The Morgan fingerprint density at radius 2 is 1.80 bits per heavy atom. The molecule has 0 aliphatic rings. The minimum absolute atomic E-state index is 0.321. The summed E-state index contributed by atoms with van der Waals surface area (Å²) in [4.78, 5) is 42.0. The molecule has 150 valence electrons. The molecule has 9 heteroatoms. The molecule has 0 aliphatic carbocycles. The molecule has 2 N–H and O–H groups in total. The standard InChI is InChI=1S/C21H15ClN4O3S/c22-14-8-6-13(7-9-14)17-10-16-19(30-17)20(28)26(12-23-16)11-18(27)25-21(29)24-15-4-2-1-3-5-15/h1-10,12H,11H2,(H2,24,25,27,29). The fourth-order valence-corrected chi connectivity index (χ4v) is 4.01. The third kappa shape index (κ3) is 4.40. The molecule has 0 unspecified atom stereocenters. The van der Waals surface area contributed by atoms with Gasteiger partial charge in [0.25, 0.3) is 5.56 Å². The Labute approximate surface area is 179 Å². The molecule has 2 aromatic heterocycles. The highest BCUT2D eigenvalue weighted by Crippen LogP contribution is 2.31. The van der Waals surface area contributed by atoms with Crippen molar-refractivity contribution in [1.82, 2.24) is 14.9 Å². The molecule has 0 saturated heterocycles. The summed E-state index contributed by atoms with van der Waals surface area (Å²) in [7, 11) is 0. The van der Waals surface area contributed by atoms with Gasteiger partial charge in [-0.2, -0.15) is 0 Å². The number of thiophene rings is 1. The number of nitrogens with zero attached hydrogens (tertiary/aromatic N) is 2. The van der Waals surface area contributed by atoms with Crippen LogP contribution in [0.2, 0.25) is 5.02 Å². The highest BCUT2D eigenvalue weighted by atomic mass is 35.5. The van der Waals surface area contributed by atoms with Crippen LogP contribution in [0.3, 0.4) is 0 Å². The average Bonchev–Trinajstić information content (AvgIpc) is 3.16. The molecule has 2 heterocycles. The van der Waals surface area contributed by atoms with Crippen LogP contribution in [0.15, 0.2) is 71.8 Å². The normalized spacial score (nSPS) is 10.7. The van der Waals surface area contributed by atoms with Crippen LogP contribution >= 0.6 is 22.9 Å². The molecule has 7 nitrogen and oxygen atoms in total. The van der Waals surface area contributed by atoms with Crippen LogP contribution < -0.4 is 16.2 Å². The summed E-state index contributed by atoms with van der Waals surface area (Å²) in [6, 6.07) is 17.2. The molecule has 0 spiro atoms. The van der Waals surface area contributed by atoms with Gasteiger partial charge in [-0.25, -0.2) is 9.78 Å². The second-order valence-electron chi connectivity index (χ2n) is 6.38. The van der Waals surface area contributed by atoms with E-state index >= 15 is 0 Å². The quantitative estimate of drug-likeness (QED) is 0.501. The van der Waals surface area contributed by atoms with Crippen molar-refractivity contribution < 1.29 is 9.59 Å². The zero-order valence-electron chi connectivity index (χ0n) is 15.5. The maximum Gasteiger partial charge on any atom is 0.325 e. The van der Waals surface area contributed by atoms with E-state index < -0.39 is 11.9 Å². The van der Waals surface area contributed by atoms with Gasteiger partial charge in [0.05, 0.1) is 11.8 Å². The molecule has 0 bridgehead atoms. The molecule has 4 aromatic rings. The molecule has 0 radical (unpaired) electrons. The monoisotopic (exact) mass is 438 g/mol. The average molecular weight is 439 g/mol. The van der Waals surface area contributed by atoms with E-state index in [0.29, 0.717) is 20.9 Å². The van der Waals surface area contributed by atoms with Crippen molar-refractivity contribution in [2.45, 2.75) is 6.54 Å². The number of hydrogen-bond acceptors (Lipinski definition) is 5. The third-order valence-electron chi connectivity index (χ3n) is 4.23. The molecule has 4 rings (SSSR count). The number of aromatic nitrogens is 2. The SMILES string of the molecule is O=C(Cn1cnc2cc(-c3ccc(Cl)cc3)sc2c1=O)NC(=O)Nc1ccccc1. The number of benzene rings is 2. The summed E-state index contributed by atoms with van der Waals surface area (Å²) in [5.41, 5.74) is 1.68. The lowest BCUT2D eigenvalue weighted by Crippen LogP contribution is -2.38. The number of para-hydroxylation sites is 1. The van der Waals surface area contributed by atoms with Crippen molar-refractivity contribution in [1.29, 1.82) is 0 Å². The number of rotatable bonds is 4. The zero-order chi connectivity index (χ0) is 21.1. The lowest BCUT2D eigenvalue weighted by molar-refractivity contribution is -0.120. The maximum absolute atomic E-state index is 12.8. The van der Waals surface area contributed by atoms with Crippen LogP contribution in [-0.4, -0.2) is 21.5 Å². The van der Waals surface area contributed by atoms with Crippen LogP contribution in [0.4, 0.5) is 10.5 Å². The van der Waals surface area contributed by atoms with Gasteiger partial charge in [-0.1, -0.05) is 41.9 Å². The second-order valence-corrected chi connectivity index (χ2v) is 7.87. The molecule has 3 amide bonds.